The fraction of sp³-hybridized carbons (Fsp3) is 0.273. The van der Waals surface area contributed by atoms with Crippen LogP contribution in [0.5, 0.6) is 0 Å². The van der Waals surface area contributed by atoms with Crippen molar-refractivity contribution >= 4 is 0 Å². The van der Waals surface area contributed by atoms with Crippen molar-refractivity contribution in [1.29, 1.82) is 0 Å². The Balaban J connectivity index is 1.98. The standard InChI is InChI=1S/C11H15N3/c1-2-13-7-5-6-11(13)10-12-14-8-3-4-9-14/h3-9,12H,2,10H2,1H3. The predicted molar refractivity (Wildman–Crippen MR) is 57.6 cm³/mol. The molecule has 0 aromatic carbocycles. The summed E-state index contributed by atoms with van der Waals surface area (Å²) in [4.78, 5) is 0. The van der Waals surface area contributed by atoms with Crippen LogP contribution in [0.2, 0.25) is 0 Å². The van der Waals surface area contributed by atoms with Gasteiger partial charge in [-0.3, -0.25) is 4.68 Å². The molecule has 14 heavy (non-hydrogen) atoms. The molecular weight excluding hydrogens is 174 g/mol. The molecule has 2 aromatic rings. The third kappa shape index (κ3) is 1.82. The molecule has 0 amide bonds. The average molecular weight is 189 g/mol. The highest BCUT2D eigenvalue weighted by Gasteiger charge is 1.97. The summed E-state index contributed by atoms with van der Waals surface area (Å²) in [5, 5.41) is 0. The lowest BCUT2D eigenvalue weighted by Crippen LogP contribution is -2.14. The van der Waals surface area contributed by atoms with Crippen molar-refractivity contribution in [2.45, 2.75) is 20.0 Å². The smallest absolute Gasteiger partial charge is 0.0716 e. The molecule has 2 aromatic heterocycles. The second-order valence-electron chi connectivity index (χ2n) is 3.21. The van der Waals surface area contributed by atoms with E-state index in [1.807, 2.05) is 29.2 Å². The van der Waals surface area contributed by atoms with Crippen molar-refractivity contribution in [2.24, 2.45) is 0 Å². The summed E-state index contributed by atoms with van der Waals surface area (Å²) >= 11 is 0. The molecule has 3 nitrogen and oxygen atoms in total. The zero-order valence-electron chi connectivity index (χ0n) is 8.35. The minimum Gasteiger partial charge on any atom is -0.350 e. The number of hydrogen-bond acceptors (Lipinski definition) is 1. The number of aromatic nitrogens is 2. The summed E-state index contributed by atoms with van der Waals surface area (Å²) in [5.41, 5.74) is 4.60. The normalized spacial score (nSPS) is 10.4. The summed E-state index contributed by atoms with van der Waals surface area (Å²) in [6.45, 7) is 4.03. The summed E-state index contributed by atoms with van der Waals surface area (Å²) in [6, 6.07) is 8.23. The minimum atomic E-state index is 0.857. The lowest BCUT2D eigenvalue weighted by molar-refractivity contribution is 0.702. The molecule has 0 aliphatic rings. The summed E-state index contributed by atoms with van der Waals surface area (Å²) < 4.78 is 4.20. The van der Waals surface area contributed by atoms with Crippen LogP contribution in [-0.4, -0.2) is 9.24 Å². The molecule has 0 atom stereocenters. The lowest BCUT2D eigenvalue weighted by Gasteiger charge is -2.09. The van der Waals surface area contributed by atoms with Crippen molar-refractivity contribution in [2.75, 3.05) is 5.43 Å². The number of hydrogen-bond donors (Lipinski definition) is 1. The SMILES string of the molecule is CCn1cccc1CNn1cccc1. The number of rotatable bonds is 4. The molecule has 0 bridgehead atoms. The largest absolute Gasteiger partial charge is 0.350 e. The molecule has 0 aliphatic carbocycles. The molecule has 1 N–H and O–H groups in total. The Kier molecular flexibility index (Phi) is 2.58. The van der Waals surface area contributed by atoms with Crippen molar-refractivity contribution in [1.82, 2.24) is 9.24 Å². The first-order chi connectivity index (χ1) is 6.90. The molecule has 3 heteroatoms. The van der Waals surface area contributed by atoms with Crippen LogP contribution in [0.4, 0.5) is 0 Å². The van der Waals surface area contributed by atoms with E-state index in [1.54, 1.807) is 0 Å². The Morgan fingerprint density at radius 3 is 2.64 bits per heavy atom. The van der Waals surface area contributed by atoms with Crippen molar-refractivity contribution in [3.05, 3.63) is 48.5 Å². The second-order valence-corrected chi connectivity index (χ2v) is 3.21. The third-order valence-electron chi connectivity index (χ3n) is 2.31. The molecule has 0 saturated heterocycles. The molecule has 0 fully saturated rings. The van der Waals surface area contributed by atoms with Crippen LogP contribution >= 0.6 is 0 Å². The highest BCUT2D eigenvalue weighted by Crippen LogP contribution is 2.02. The molecule has 0 radical (unpaired) electrons. The van der Waals surface area contributed by atoms with E-state index in [1.165, 1.54) is 5.69 Å². The highest BCUT2D eigenvalue weighted by atomic mass is 15.4. The van der Waals surface area contributed by atoms with Gasteiger partial charge in [0.2, 0.25) is 0 Å². The van der Waals surface area contributed by atoms with Crippen molar-refractivity contribution < 1.29 is 0 Å². The van der Waals surface area contributed by atoms with E-state index in [2.05, 4.69) is 35.2 Å². The molecular formula is C11H15N3. The van der Waals surface area contributed by atoms with Gasteiger partial charge < -0.3 is 9.99 Å². The van der Waals surface area contributed by atoms with E-state index in [-0.39, 0.29) is 0 Å². The maximum atomic E-state index is 3.30. The maximum absolute atomic E-state index is 3.30. The van der Waals surface area contributed by atoms with Gasteiger partial charge in [0, 0.05) is 30.8 Å². The molecule has 0 aliphatic heterocycles. The Labute approximate surface area is 83.9 Å². The van der Waals surface area contributed by atoms with Crippen LogP contribution in [0.1, 0.15) is 12.6 Å². The first kappa shape index (κ1) is 8.94. The van der Waals surface area contributed by atoms with Gasteiger partial charge in [-0.15, -0.1) is 0 Å². The van der Waals surface area contributed by atoms with Gasteiger partial charge in [0.05, 0.1) is 6.54 Å². The van der Waals surface area contributed by atoms with Gasteiger partial charge in [0.1, 0.15) is 0 Å². The predicted octanol–water partition coefficient (Wildman–Crippen LogP) is 2.05. The fourth-order valence-corrected chi connectivity index (χ4v) is 1.53. The first-order valence-corrected chi connectivity index (χ1v) is 4.91. The van der Waals surface area contributed by atoms with E-state index in [9.17, 15) is 0 Å². The second kappa shape index (κ2) is 4.05. The molecule has 0 saturated carbocycles. The lowest BCUT2D eigenvalue weighted by atomic mass is 10.4. The summed E-state index contributed by atoms with van der Waals surface area (Å²) in [6.07, 6.45) is 6.10. The van der Waals surface area contributed by atoms with Gasteiger partial charge >= 0.3 is 0 Å². The van der Waals surface area contributed by atoms with Gasteiger partial charge in [-0.2, -0.15) is 0 Å². The van der Waals surface area contributed by atoms with E-state index in [4.69, 9.17) is 0 Å². The summed E-state index contributed by atoms with van der Waals surface area (Å²) in [5.74, 6) is 0. The Morgan fingerprint density at radius 1 is 1.14 bits per heavy atom. The fourth-order valence-electron chi connectivity index (χ4n) is 1.53. The molecule has 2 heterocycles. The number of nitrogens with one attached hydrogen (secondary N) is 1. The van der Waals surface area contributed by atoms with E-state index in [0.29, 0.717) is 0 Å². The molecule has 2 rings (SSSR count). The maximum Gasteiger partial charge on any atom is 0.0716 e. The Bertz CT molecular complexity index is 373. The number of aryl methyl sites for hydroxylation is 1. The molecule has 0 spiro atoms. The van der Waals surface area contributed by atoms with E-state index < -0.39 is 0 Å². The molecule has 0 unspecified atom stereocenters. The quantitative estimate of drug-likeness (QED) is 0.781. The van der Waals surface area contributed by atoms with Crippen molar-refractivity contribution in [3.8, 4) is 0 Å². The van der Waals surface area contributed by atoms with Gasteiger partial charge in [-0.25, -0.2) is 0 Å². The van der Waals surface area contributed by atoms with Crippen molar-refractivity contribution in [3.63, 3.8) is 0 Å². The summed E-state index contributed by atoms with van der Waals surface area (Å²) in [7, 11) is 0. The minimum absolute atomic E-state index is 0.857. The zero-order chi connectivity index (χ0) is 9.80. The van der Waals surface area contributed by atoms with Crippen LogP contribution in [0.3, 0.4) is 0 Å². The van der Waals surface area contributed by atoms with E-state index >= 15 is 0 Å². The van der Waals surface area contributed by atoms with Crippen LogP contribution in [0.25, 0.3) is 0 Å². The highest BCUT2D eigenvalue weighted by molar-refractivity contribution is 5.09. The third-order valence-corrected chi connectivity index (χ3v) is 2.31. The van der Waals surface area contributed by atoms with E-state index in [0.717, 1.165) is 13.1 Å². The number of nitrogens with zero attached hydrogens (tertiary/aromatic N) is 2. The van der Waals surface area contributed by atoms with Crippen LogP contribution in [-0.2, 0) is 13.1 Å². The topological polar surface area (TPSA) is 21.9 Å². The van der Waals surface area contributed by atoms with Gasteiger partial charge in [0.15, 0.2) is 0 Å². The zero-order valence-corrected chi connectivity index (χ0v) is 8.35. The van der Waals surface area contributed by atoms with Gasteiger partial charge in [0.25, 0.3) is 0 Å². The Hall–Kier alpha value is -1.64. The first-order valence-electron chi connectivity index (χ1n) is 4.91. The van der Waals surface area contributed by atoms with Crippen LogP contribution < -0.4 is 5.43 Å². The molecule has 74 valence electrons. The van der Waals surface area contributed by atoms with Gasteiger partial charge in [-0.05, 0) is 31.2 Å². The monoisotopic (exact) mass is 189 g/mol. The van der Waals surface area contributed by atoms with Gasteiger partial charge in [-0.1, -0.05) is 0 Å². The average Bonchev–Trinajstić information content (AvgIpc) is 2.85. The van der Waals surface area contributed by atoms with Crippen LogP contribution in [0, 0.1) is 0 Å². The Morgan fingerprint density at radius 2 is 1.93 bits per heavy atom. The van der Waals surface area contributed by atoms with Crippen LogP contribution in [0.15, 0.2) is 42.9 Å².